The van der Waals surface area contributed by atoms with Gasteiger partial charge in [0.15, 0.2) is 4.34 Å². The molecule has 10 heteroatoms. The highest BCUT2D eigenvalue weighted by atomic mass is 35.5. The second kappa shape index (κ2) is 5.74. The Morgan fingerprint density at radius 2 is 1.95 bits per heavy atom. The second-order valence-electron chi connectivity index (χ2n) is 3.86. The molecule has 0 N–H and O–H groups in total. The number of anilines is 1. The summed E-state index contributed by atoms with van der Waals surface area (Å²) in [4.78, 5) is 5.61. The molecule has 108 valence electrons. The van der Waals surface area contributed by atoms with Gasteiger partial charge in [-0.3, -0.25) is 0 Å². The molecular weight excluding hydrogens is 333 g/mol. The van der Waals surface area contributed by atoms with E-state index in [0.29, 0.717) is 9.47 Å². The number of pyridine rings is 1. The quantitative estimate of drug-likeness (QED) is 0.794. The molecule has 0 radical (unpaired) electrons. The minimum absolute atomic E-state index is 0.131. The van der Waals surface area contributed by atoms with Crippen LogP contribution in [0.5, 0.6) is 0 Å². The number of hydrogen-bond donors (Lipinski definition) is 0. The number of rotatable bonds is 3. The van der Waals surface area contributed by atoms with Crippen LogP contribution in [0.15, 0.2) is 21.5 Å². The number of nitrogens with zero attached hydrogens (tertiary/aromatic N) is 4. The van der Waals surface area contributed by atoms with Crippen molar-refractivity contribution in [2.75, 3.05) is 19.0 Å². The first kappa shape index (κ1) is 15.3. The summed E-state index contributed by atoms with van der Waals surface area (Å²) in [5, 5.41) is 8.36. The molecule has 0 bridgehead atoms. The van der Waals surface area contributed by atoms with E-state index in [-0.39, 0.29) is 10.2 Å². The van der Waals surface area contributed by atoms with Gasteiger partial charge in [0.2, 0.25) is 5.13 Å². The zero-order chi connectivity index (χ0) is 14.9. The van der Waals surface area contributed by atoms with Gasteiger partial charge in [0.25, 0.3) is 0 Å². The molecule has 0 aromatic carbocycles. The third kappa shape index (κ3) is 3.74. The van der Waals surface area contributed by atoms with Crippen molar-refractivity contribution in [3.05, 3.63) is 22.8 Å². The van der Waals surface area contributed by atoms with Gasteiger partial charge < -0.3 is 4.90 Å². The molecule has 4 nitrogen and oxygen atoms in total. The summed E-state index contributed by atoms with van der Waals surface area (Å²) in [6, 6.07) is 1.73. The molecule has 0 spiro atoms. The van der Waals surface area contributed by atoms with Crippen molar-refractivity contribution in [1.29, 1.82) is 0 Å². The van der Waals surface area contributed by atoms with E-state index < -0.39 is 11.7 Å². The number of hydrogen-bond acceptors (Lipinski definition) is 6. The maximum absolute atomic E-state index is 12.7. The summed E-state index contributed by atoms with van der Waals surface area (Å²) in [7, 11) is 3.60. The Hall–Kier alpha value is -1.06. The maximum Gasteiger partial charge on any atom is 0.416 e. The van der Waals surface area contributed by atoms with Gasteiger partial charge in [-0.25, -0.2) is 4.98 Å². The van der Waals surface area contributed by atoms with Gasteiger partial charge in [-0.1, -0.05) is 22.9 Å². The van der Waals surface area contributed by atoms with Gasteiger partial charge in [0.05, 0.1) is 5.56 Å². The Bertz CT molecular complexity index is 615. The number of aromatic nitrogens is 3. The van der Waals surface area contributed by atoms with E-state index in [0.717, 1.165) is 23.9 Å². The van der Waals surface area contributed by atoms with Crippen molar-refractivity contribution >= 4 is 39.8 Å². The van der Waals surface area contributed by atoms with Crippen molar-refractivity contribution in [1.82, 2.24) is 15.2 Å². The van der Waals surface area contributed by atoms with Crippen LogP contribution in [0.1, 0.15) is 5.56 Å². The fourth-order valence-corrected chi connectivity index (χ4v) is 3.20. The van der Waals surface area contributed by atoms with Crippen molar-refractivity contribution in [3.8, 4) is 0 Å². The molecule has 0 aliphatic heterocycles. The molecule has 2 aromatic rings. The van der Waals surface area contributed by atoms with Gasteiger partial charge in [-0.2, -0.15) is 13.2 Å². The third-order valence-corrected chi connectivity index (χ3v) is 4.32. The zero-order valence-corrected chi connectivity index (χ0v) is 12.7. The van der Waals surface area contributed by atoms with Crippen LogP contribution in [-0.2, 0) is 6.18 Å². The Morgan fingerprint density at radius 1 is 1.25 bits per heavy atom. The van der Waals surface area contributed by atoms with Gasteiger partial charge in [-0.15, -0.1) is 10.2 Å². The highest BCUT2D eigenvalue weighted by molar-refractivity contribution is 8.01. The van der Waals surface area contributed by atoms with Crippen LogP contribution < -0.4 is 4.90 Å². The van der Waals surface area contributed by atoms with Gasteiger partial charge in [-0.05, 0) is 23.9 Å². The molecule has 0 aliphatic carbocycles. The lowest BCUT2D eigenvalue weighted by Crippen LogP contribution is -2.07. The number of halogens is 4. The Balaban J connectivity index is 2.26. The lowest BCUT2D eigenvalue weighted by Gasteiger charge is -2.08. The fourth-order valence-electron chi connectivity index (χ4n) is 1.20. The summed E-state index contributed by atoms with van der Waals surface area (Å²) in [6.45, 7) is 0. The Kier molecular flexibility index (Phi) is 4.40. The molecule has 0 amide bonds. The van der Waals surface area contributed by atoms with Crippen LogP contribution in [-0.4, -0.2) is 29.3 Å². The summed E-state index contributed by atoms with van der Waals surface area (Å²) in [6.07, 6.45) is -4.46. The first-order valence-electron chi connectivity index (χ1n) is 5.19. The minimum Gasteiger partial charge on any atom is -0.353 e. The first-order valence-corrected chi connectivity index (χ1v) is 7.20. The average Bonchev–Trinajstić information content (AvgIpc) is 2.75. The van der Waals surface area contributed by atoms with E-state index in [4.69, 9.17) is 11.6 Å². The largest absolute Gasteiger partial charge is 0.416 e. The van der Waals surface area contributed by atoms with Crippen molar-refractivity contribution in [2.45, 2.75) is 15.5 Å². The molecule has 0 saturated heterocycles. The van der Waals surface area contributed by atoms with Gasteiger partial charge >= 0.3 is 6.18 Å². The average molecular weight is 341 g/mol. The van der Waals surface area contributed by atoms with E-state index in [1.807, 2.05) is 0 Å². The molecular formula is C10H8ClF3N4S2. The fraction of sp³-hybridized carbons (Fsp3) is 0.300. The van der Waals surface area contributed by atoms with Gasteiger partial charge in [0, 0.05) is 14.1 Å². The topological polar surface area (TPSA) is 41.9 Å². The van der Waals surface area contributed by atoms with E-state index in [1.165, 1.54) is 11.3 Å². The third-order valence-electron chi connectivity index (χ3n) is 2.07. The van der Waals surface area contributed by atoms with E-state index in [9.17, 15) is 13.2 Å². The van der Waals surface area contributed by atoms with Crippen LogP contribution in [0.3, 0.4) is 0 Å². The van der Waals surface area contributed by atoms with Crippen molar-refractivity contribution in [3.63, 3.8) is 0 Å². The Labute approximate surface area is 126 Å². The van der Waals surface area contributed by atoms with E-state index >= 15 is 0 Å². The smallest absolute Gasteiger partial charge is 0.353 e. The normalized spacial score (nSPS) is 11.7. The molecule has 2 heterocycles. The lowest BCUT2D eigenvalue weighted by atomic mass is 10.3. The summed E-state index contributed by atoms with van der Waals surface area (Å²) < 4.78 is 38.5. The van der Waals surface area contributed by atoms with Crippen molar-refractivity contribution < 1.29 is 13.2 Å². The van der Waals surface area contributed by atoms with Crippen LogP contribution in [0.4, 0.5) is 18.3 Å². The summed E-state index contributed by atoms with van der Waals surface area (Å²) in [5.41, 5.74) is -0.836. The highest BCUT2D eigenvalue weighted by Crippen LogP contribution is 2.36. The molecule has 0 atom stereocenters. The monoisotopic (exact) mass is 340 g/mol. The number of alkyl halides is 3. The van der Waals surface area contributed by atoms with Crippen molar-refractivity contribution in [2.24, 2.45) is 0 Å². The molecule has 2 aromatic heterocycles. The molecule has 2 rings (SSSR count). The summed E-state index contributed by atoms with van der Waals surface area (Å²) >= 11 is 7.86. The van der Waals surface area contributed by atoms with Crippen LogP contribution in [0, 0.1) is 0 Å². The minimum atomic E-state index is -4.46. The Morgan fingerprint density at radius 3 is 2.50 bits per heavy atom. The van der Waals surface area contributed by atoms with Crippen LogP contribution in [0.25, 0.3) is 0 Å². The second-order valence-corrected chi connectivity index (χ2v) is 6.47. The maximum atomic E-state index is 12.7. The molecule has 0 fully saturated rings. The van der Waals surface area contributed by atoms with E-state index in [1.54, 1.807) is 19.0 Å². The standard InChI is InChI=1S/C10H8ClF3N4S2/c1-18(2)8-16-17-9(20-8)19-7-4-5(10(12,13)14)3-6(11)15-7/h3-4H,1-2H3. The molecule has 0 aliphatic rings. The predicted octanol–water partition coefficient (Wildman–Crippen LogP) is 3.82. The molecule has 20 heavy (non-hydrogen) atoms. The zero-order valence-electron chi connectivity index (χ0n) is 10.3. The predicted molar refractivity (Wildman–Crippen MR) is 72.6 cm³/mol. The van der Waals surface area contributed by atoms with E-state index in [2.05, 4.69) is 15.2 Å². The van der Waals surface area contributed by atoms with Crippen LogP contribution in [0.2, 0.25) is 5.15 Å². The van der Waals surface area contributed by atoms with Crippen LogP contribution >= 0.6 is 34.7 Å². The highest BCUT2D eigenvalue weighted by Gasteiger charge is 2.31. The van der Waals surface area contributed by atoms with Gasteiger partial charge in [0.1, 0.15) is 10.2 Å². The summed E-state index contributed by atoms with van der Waals surface area (Å²) in [5.74, 6) is 0. The SMILES string of the molecule is CN(C)c1nnc(Sc2cc(C(F)(F)F)cc(Cl)n2)s1. The molecule has 0 unspecified atom stereocenters. The first-order chi connectivity index (χ1) is 9.25. The lowest BCUT2D eigenvalue weighted by molar-refractivity contribution is -0.137. The molecule has 0 saturated carbocycles.